The van der Waals surface area contributed by atoms with Crippen molar-refractivity contribution in [3.63, 3.8) is 0 Å². The van der Waals surface area contributed by atoms with Crippen molar-refractivity contribution in [2.75, 3.05) is 0 Å². The molecule has 21 heavy (non-hydrogen) atoms. The molecule has 1 aliphatic carbocycles. The van der Waals surface area contributed by atoms with Gasteiger partial charge in [-0.15, -0.1) is 0 Å². The summed E-state index contributed by atoms with van der Waals surface area (Å²) in [6, 6.07) is 6.16. The van der Waals surface area contributed by atoms with Crippen LogP contribution in [0.25, 0.3) is 11.0 Å². The van der Waals surface area contributed by atoms with Crippen molar-refractivity contribution in [3.8, 4) is 0 Å². The van der Waals surface area contributed by atoms with Gasteiger partial charge in [-0.2, -0.15) is 0 Å². The van der Waals surface area contributed by atoms with Gasteiger partial charge in [-0.3, -0.25) is 4.79 Å². The molecule has 1 saturated carbocycles. The molecule has 0 bridgehead atoms. The number of amides is 1. The van der Waals surface area contributed by atoms with Crippen LogP contribution in [0.1, 0.15) is 31.2 Å². The monoisotopic (exact) mass is 304 g/mol. The Hall–Kier alpha value is -1.53. The summed E-state index contributed by atoms with van der Waals surface area (Å²) in [5.41, 5.74) is 13.9. The maximum absolute atomic E-state index is 11.5. The van der Waals surface area contributed by atoms with Gasteiger partial charge >= 0.3 is 0 Å². The topological polar surface area (TPSA) is 97.8 Å². The lowest BCUT2D eigenvalue weighted by Gasteiger charge is -2.34. The van der Waals surface area contributed by atoms with Gasteiger partial charge in [0.1, 0.15) is 0 Å². The Morgan fingerprint density at radius 3 is 3.10 bits per heavy atom. The number of carbonyl (C=O) groups is 1. The minimum absolute atomic E-state index is 0.276. The number of hydrogen-bond acceptors (Lipinski definition) is 4. The lowest BCUT2D eigenvalue weighted by Crippen LogP contribution is -2.55. The zero-order valence-electron chi connectivity index (χ0n) is 12.1. The molecule has 0 spiro atoms. The molecule has 1 fully saturated rings. The summed E-state index contributed by atoms with van der Waals surface area (Å²) in [6.45, 7) is 2.06. The largest absolute Gasteiger partial charge is 0.368 e. The van der Waals surface area contributed by atoms with Gasteiger partial charge in [-0.25, -0.2) is 4.98 Å². The highest BCUT2D eigenvalue weighted by Crippen LogP contribution is 2.36. The van der Waals surface area contributed by atoms with Crippen molar-refractivity contribution in [3.05, 3.63) is 23.8 Å². The number of hydrogen-bond donors (Lipinski definition) is 3. The lowest BCUT2D eigenvalue weighted by atomic mass is 9.82. The Labute approximate surface area is 127 Å². The van der Waals surface area contributed by atoms with E-state index in [1.807, 2.05) is 6.07 Å². The molecule has 2 unspecified atom stereocenters. The van der Waals surface area contributed by atoms with Gasteiger partial charge in [0.15, 0.2) is 5.16 Å². The molecular formula is C15H20N4OS. The van der Waals surface area contributed by atoms with Gasteiger partial charge in [0.05, 0.1) is 16.6 Å². The number of rotatable bonds is 3. The lowest BCUT2D eigenvalue weighted by molar-refractivity contribution is -0.124. The number of nitrogens with two attached hydrogens (primary N) is 2. The first-order valence-corrected chi connectivity index (χ1v) is 8.06. The summed E-state index contributed by atoms with van der Waals surface area (Å²) in [5, 5.41) is 1.16. The minimum Gasteiger partial charge on any atom is -0.368 e. The number of nitrogens with one attached hydrogen (secondary N) is 1. The number of thioether (sulfide) groups is 1. The van der Waals surface area contributed by atoms with Crippen molar-refractivity contribution in [1.82, 2.24) is 9.97 Å². The van der Waals surface area contributed by atoms with Crippen molar-refractivity contribution in [2.45, 2.75) is 48.6 Å². The molecule has 1 aromatic heterocycles. The molecule has 3 rings (SSSR count). The molecule has 5 N–H and O–H groups in total. The van der Waals surface area contributed by atoms with Crippen LogP contribution < -0.4 is 11.5 Å². The van der Waals surface area contributed by atoms with Gasteiger partial charge in [0.25, 0.3) is 0 Å². The van der Waals surface area contributed by atoms with Crippen LogP contribution in [0.5, 0.6) is 0 Å². The SMILES string of the molecule is Cc1ccc2nc(SC3CCCC(N)(C(N)=O)C3)[nH]c2c1. The standard InChI is InChI=1S/C15H20N4OS/c1-9-4-5-11-12(7-9)19-14(18-11)21-10-3-2-6-15(17,8-10)13(16)20/h4-5,7,10H,2-3,6,8,17H2,1H3,(H2,16,20)(H,18,19). The van der Waals surface area contributed by atoms with E-state index in [0.29, 0.717) is 12.8 Å². The van der Waals surface area contributed by atoms with Crippen LogP contribution in [-0.4, -0.2) is 26.7 Å². The van der Waals surface area contributed by atoms with Gasteiger partial charge in [0, 0.05) is 5.25 Å². The first kappa shape index (κ1) is 14.4. The number of nitrogens with zero attached hydrogens (tertiary/aromatic N) is 1. The van der Waals surface area contributed by atoms with Crippen LogP contribution in [-0.2, 0) is 4.79 Å². The average Bonchev–Trinajstić information content (AvgIpc) is 2.80. The maximum Gasteiger partial charge on any atom is 0.237 e. The fourth-order valence-corrected chi connectivity index (χ4v) is 4.19. The molecule has 112 valence electrons. The molecule has 1 amide bonds. The van der Waals surface area contributed by atoms with Gasteiger partial charge < -0.3 is 16.5 Å². The van der Waals surface area contributed by atoms with Crippen LogP contribution >= 0.6 is 11.8 Å². The van der Waals surface area contributed by atoms with Crippen molar-refractivity contribution in [2.24, 2.45) is 11.5 Å². The van der Waals surface area contributed by atoms with E-state index >= 15 is 0 Å². The van der Waals surface area contributed by atoms with Crippen LogP contribution in [0, 0.1) is 6.92 Å². The summed E-state index contributed by atoms with van der Waals surface area (Å²) >= 11 is 1.66. The number of aromatic amines is 1. The van der Waals surface area contributed by atoms with E-state index in [-0.39, 0.29) is 5.25 Å². The number of aryl methyl sites for hydroxylation is 1. The van der Waals surface area contributed by atoms with Gasteiger partial charge in [-0.1, -0.05) is 17.8 Å². The zero-order chi connectivity index (χ0) is 15.0. The number of H-pyrrole nitrogens is 1. The molecule has 1 aromatic carbocycles. The normalized spacial score (nSPS) is 26.1. The third kappa shape index (κ3) is 2.91. The Morgan fingerprint density at radius 2 is 2.33 bits per heavy atom. The number of fused-ring (bicyclic) bond motifs is 1. The van der Waals surface area contributed by atoms with Crippen molar-refractivity contribution in [1.29, 1.82) is 0 Å². The molecule has 0 radical (unpaired) electrons. The summed E-state index contributed by atoms with van der Waals surface area (Å²) in [6.07, 6.45) is 3.26. The first-order chi connectivity index (χ1) is 9.96. The number of carbonyl (C=O) groups excluding carboxylic acids is 1. The molecular weight excluding hydrogens is 284 g/mol. The van der Waals surface area contributed by atoms with E-state index in [1.165, 1.54) is 5.56 Å². The quantitative estimate of drug-likeness (QED) is 0.808. The predicted molar refractivity (Wildman–Crippen MR) is 85.1 cm³/mol. The molecule has 2 atom stereocenters. The number of imidazole rings is 1. The highest BCUT2D eigenvalue weighted by Gasteiger charge is 2.38. The third-order valence-electron chi connectivity index (χ3n) is 4.13. The molecule has 0 aliphatic heterocycles. The Balaban J connectivity index is 1.77. The third-order valence-corrected chi connectivity index (χ3v) is 5.28. The van der Waals surface area contributed by atoms with Crippen LogP contribution in [0.3, 0.4) is 0 Å². The Kier molecular flexibility index (Phi) is 3.67. The highest BCUT2D eigenvalue weighted by molar-refractivity contribution is 7.99. The molecule has 5 nitrogen and oxygen atoms in total. The van der Waals surface area contributed by atoms with E-state index in [9.17, 15) is 4.79 Å². The number of benzene rings is 1. The summed E-state index contributed by atoms with van der Waals surface area (Å²) in [4.78, 5) is 19.4. The fourth-order valence-electron chi connectivity index (χ4n) is 2.89. The summed E-state index contributed by atoms with van der Waals surface area (Å²) in [7, 11) is 0. The van der Waals surface area contributed by atoms with E-state index in [4.69, 9.17) is 11.5 Å². The maximum atomic E-state index is 11.5. The smallest absolute Gasteiger partial charge is 0.237 e. The predicted octanol–water partition coefficient (Wildman–Crippen LogP) is 2.09. The van der Waals surface area contributed by atoms with E-state index in [2.05, 4.69) is 29.0 Å². The zero-order valence-corrected chi connectivity index (χ0v) is 12.9. The fraction of sp³-hybridized carbons (Fsp3) is 0.467. The minimum atomic E-state index is -0.863. The van der Waals surface area contributed by atoms with E-state index < -0.39 is 11.4 Å². The highest BCUT2D eigenvalue weighted by atomic mass is 32.2. The summed E-state index contributed by atoms with van der Waals surface area (Å²) in [5.74, 6) is -0.395. The molecule has 1 aliphatic rings. The Morgan fingerprint density at radius 1 is 1.52 bits per heavy atom. The summed E-state index contributed by atoms with van der Waals surface area (Å²) < 4.78 is 0. The van der Waals surface area contributed by atoms with E-state index in [1.54, 1.807) is 11.8 Å². The second-order valence-corrected chi connectivity index (χ2v) is 7.21. The van der Waals surface area contributed by atoms with Gasteiger partial charge in [0.2, 0.25) is 5.91 Å². The molecule has 0 saturated heterocycles. The molecule has 1 heterocycles. The van der Waals surface area contributed by atoms with Crippen LogP contribution in [0.4, 0.5) is 0 Å². The average molecular weight is 304 g/mol. The number of aromatic nitrogens is 2. The van der Waals surface area contributed by atoms with Crippen LogP contribution in [0.2, 0.25) is 0 Å². The second-order valence-electron chi connectivity index (χ2n) is 5.92. The Bertz CT molecular complexity index is 683. The molecule has 6 heteroatoms. The van der Waals surface area contributed by atoms with Crippen LogP contribution in [0.15, 0.2) is 23.4 Å². The number of primary amides is 1. The second kappa shape index (κ2) is 5.35. The first-order valence-electron chi connectivity index (χ1n) is 7.18. The van der Waals surface area contributed by atoms with Gasteiger partial charge in [-0.05, 0) is 50.3 Å². The van der Waals surface area contributed by atoms with Crippen molar-refractivity contribution < 1.29 is 4.79 Å². The molecule has 2 aromatic rings. The van der Waals surface area contributed by atoms with E-state index in [0.717, 1.165) is 29.0 Å². The van der Waals surface area contributed by atoms with Crippen molar-refractivity contribution >= 4 is 28.7 Å².